The minimum absolute atomic E-state index is 0.00175. The Hall–Kier alpha value is -2.28. The van der Waals surface area contributed by atoms with E-state index in [0.29, 0.717) is 18.8 Å². The van der Waals surface area contributed by atoms with Crippen LogP contribution >= 0.6 is 11.3 Å². The zero-order valence-corrected chi connectivity index (χ0v) is 16.1. The normalized spacial score (nSPS) is 14.7. The van der Waals surface area contributed by atoms with Crippen molar-refractivity contribution in [3.05, 3.63) is 40.7 Å². The van der Waals surface area contributed by atoms with E-state index >= 15 is 0 Å². The molecule has 0 radical (unpaired) electrons. The highest BCUT2D eigenvalue weighted by Crippen LogP contribution is 2.39. The van der Waals surface area contributed by atoms with Gasteiger partial charge in [0, 0.05) is 24.4 Å². The van der Waals surface area contributed by atoms with E-state index in [2.05, 4.69) is 53.5 Å². The topological polar surface area (TPSA) is 72.2 Å². The number of anilines is 1. The molecular formula is C19H23N5OS. The summed E-state index contributed by atoms with van der Waals surface area (Å²) in [5, 5.41) is 16.9. The molecule has 26 heavy (non-hydrogen) atoms. The lowest BCUT2D eigenvalue weighted by molar-refractivity contribution is -0.116. The molecule has 7 heteroatoms. The molecule has 0 spiro atoms. The third-order valence-corrected chi connectivity index (χ3v) is 5.56. The van der Waals surface area contributed by atoms with E-state index in [9.17, 15) is 4.79 Å². The molecule has 1 aliphatic rings. The van der Waals surface area contributed by atoms with Crippen LogP contribution in [0.1, 0.15) is 62.3 Å². The SMILES string of the molecule is CC(C)(C)c1ccc(NC(=O)CCc2nn3c(C4CC4)nnc3s2)cc1. The number of benzene rings is 1. The molecule has 4 rings (SSSR count). The van der Waals surface area contributed by atoms with E-state index < -0.39 is 0 Å². The average molecular weight is 369 g/mol. The van der Waals surface area contributed by atoms with Gasteiger partial charge in [0.05, 0.1) is 0 Å². The summed E-state index contributed by atoms with van der Waals surface area (Å²) < 4.78 is 1.85. The Morgan fingerprint density at radius 1 is 1.23 bits per heavy atom. The fourth-order valence-corrected chi connectivity index (χ4v) is 3.71. The number of aryl methyl sites for hydroxylation is 1. The maximum atomic E-state index is 12.2. The number of nitrogens with zero attached hydrogens (tertiary/aromatic N) is 4. The first-order valence-electron chi connectivity index (χ1n) is 9.01. The summed E-state index contributed by atoms with van der Waals surface area (Å²) in [6.07, 6.45) is 3.36. The smallest absolute Gasteiger partial charge is 0.234 e. The van der Waals surface area contributed by atoms with E-state index in [0.717, 1.165) is 21.5 Å². The second-order valence-corrected chi connectivity index (χ2v) is 8.94. The second kappa shape index (κ2) is 6.46. The number of hydrogen-bond acceptors (Lipinski definition) is 5. The summed E-state index contributed by atoms with van der Waals surface area (Å²) in [7, 11) is 0. The lowest BCUT2D eigenvalue weighted by Gasteiger charge is -2.19. The number of fused-ring (bicyclic) bond motifs is 1. The Morgan fingerprint density at radius 2 is 1.96 bits per heavy atom. The molecule has 1 saturated carbocycles. The van der Waals surface area contributed by atoms with Crippen molar-refractivity contribution in [2.75, 3.05) is 5.32 Å². The summed E-state index contributed by atoms with van der Waals surface area (Å²) in [5.74, 6) is 1.48. The minimum Gasteiger partial charge on any atom is -0.326 e. The summed E-state index contributed by atoms with van der Waals surface area (Å²) in [6.45, 7) is 6.53. The number of hydrogen-bond donors (Lipinski definition) is 1. The minimum atomic E-state index is 0.00175. The summed E-state index contributed by atoms with van der Waals surface area (Å²) in [6, 6.07) is 8.06. The molecule has 2 aromatic heterocycles. The van der Waals surface area contributed by atoms with Gasteiger partial charge in [-0.15, -0.1) is 10.2 Å². The highest BCUT2D eigenvalue weighted by Gasteiger charge is 2.30. The Bertz CT molecular complexity index is 931. The van der Waals surface area contributed by atoms with Crippen molar-refractivity contribution >= 4 is 27.9 Å². The number of amides is 1. The van der Waals surface area contributed by atoms with Gasteiger partial charge in [0.2, 0.25) is 10.9 Å². The van der Waals surface area contributed by atoms with Crippen LogP contribution in [0.15, 0.2) is 24.3 Å². The van der Waals surface area contributed by atoms with Gasteiger partial charge in [0.25, 0.3) is 0 Å². The molecule has 1 amide bonds. The molecular weight excluding hydrogens is 346 g/mol. The fraction of sp³-hybridized carbons (Fsp3) is 0.474. The van der Waals surface area contributed by atoms with Crippen LogP contribution in [0.5, 0.6) is 0 Å². The second-order valence-electron chi connectivity index (χ2n) is 7.90. The van der Waals surface area contributed by atoms with Crippen molar-refractivity contribution in [3.8, 4) is 0 Å². The fourth-order valence-electron chi connectivity index (χ4n) is 2.87. The molecule has 1 aromatic carbocycles. The first-order valence-corrected chi connectivity index (χ1v) is 9.83. The molecule has 3 aromatic rings. The van der Waals surface area contributed by atoms with Gasteiger partial charge >= 0.3 is 0 Å². The van der Waals surface area contributed by atoms with Gasteiger partial charge in [-0.3, -0.25) is 4.79 Å². The molecule has 2 heterocycles. The van der Waals surface area contributed by atoms with E-state index in [1.165, 1.54) is 29.7 Å². The van der Waals surface area contributed by atoms with Gasteiger partial charge in [-0.1, -0.05) is 44.2 Å². The number of nitrogens with one attached hydrogen (secondary N) is 1. The maximum Gasteiger partial charge on any atom is 0.234 e. The summed E-state index contributed by atoms with van der Waals surface area (Å²) >= 11 is 1.51. The third kappa shape index (κ3) is 3.62. The van der Waals surface area contributed by atoms with Crippen LogP contribution in [0.25, 0.3) is 4.96 Å². The Kier molecular flexibility index (Phi) is 4.26. The quantitative estimate of drug-likeness (QED) is 0.739. The van der Waals surface area contributed by atoms with Crippen LogP contribution in [0.3, 0.4) is 0 Å². The van der Waals surface area contributed by atoms with Crippen molar-refractivity contribution in [3.63, 3.8) is 0 Å². The maximum absolute atomic E-state index is 12.2. The summed E-state index contributed by atoms with van der Waals surface area (Å²) in [4.78, 5) is 13.1. The van der Waals surface area contributed by atoms with Crippen LogP contribution in [0.2, 0.25) is 0 Å². The molecule has 0 unspecified atom stereocenters. The zero-order chi connectivity index (χ0) is 18.3. The highest BCUT2D eigenvalue weighted by molar-refractivity contribution is 7.16. The monoisotopic (exact) mass is 369 g/mol. The lowest BCUT2D eigenvalue weighted by Crippen LogP contribution is -2.14. The predicted octanol–water partition coefficient (Wildman–Crippen LogP) is 3.93. The molecule has 0 saturated heterocycles. The Morgan fingerprint density at radius 3 is 2.62 bits per heavy atom. The molecule has 1 N–H and O–H groups in total. The zero-order valence-electron chi connectivity index (χ0n) is 15.3. The third-order valence-electron chi connectivity index (χ3n) is 4.60. The average Bonchev–Trinajstić information content (AvgIpc) is 3.22. The molecule has 1 aliphatic carbocycles. The number of rotatable bonds is 5. The van der Waals surface area contributed by atoms with Crippen LogP contribution in [-0.4, -0.2) is 25.7 Å². The van der Waals surface area contributed by atoms with Crippen LogP contribution in [-0.2, 0) is 16.6 Å². The van der Waals surface area contributed by atoms with Gasteiger partial charge in [-0.2, -0.15) is 9.61 Å². The van der Waals surface area contributed by atoms with Crippen molar-refractivity contribution in [1.29, 1.82) is 0 Å². The van der Waals surface area contributed by atoms with Crippen molar-refractivity contribution < 1.29 is 4.79 Å². The first-order chi connectivity index (χ1) is 12.4. The van der Waals surface area contributed by atoms with E-state index in [1.807, 2.05) is 16.6 Å². The van der Waals surface area contributed by atoms with Crippen molar-refractivity contribution in [2.45, 2.75) is 57.8 Å². The molecule has 0 atom stereocenters. The van der Waals surface area contributed by atoms with Gasteiger partial charge in [-0.25, -0.2) is 0 Å². The number of aromatic nitrogens is 4. The van der Waals surface area contributed by atoms with E-state index in [4.69, 9.17) is 0 Å². The van der Waals surface area contributed by atoms with Gasteiger partial charge in [-0.05, 0) is 36.0 Å². The molecule has 0 bridgehead atoms. The van der Waals surface area contributed by atoms with Crippen LogP contribution in [0, 0.1) is 0 Å². The Balaban J connectivity index is 1.35. The van der Waals surface area contributed by atoms with Crippen molar-refractivity contribution in [1.82, 2.24) is 19.8 Å². The largest absolute Gasteiger partial charge is 0.326 e. The highest BCUT2D eigenvalue weighted by atomic mass is 32.1. The molecule has 136 valence electrons. The van der Waals surface area contributed by atoms with Gasteiger partial charge in [0.15, 0.2) is 5.82 Å². The van der Waals surface area contributed by atoms with E-state index in [-0.39, 0.29) is 11.3 Å². The number of carbonyl (C=O) groups is 1. The van der Waals surface area contributed by atoms with Crippen LogP contribution < -0.4 is 5.32 Å². The van der Waals surface area contributed by atoms with Crippen molar-refractivity contribution in [2.24, 2.45) is 0 Å². The van der Waals surface area contributed by atoms with E-state index in [1.54, 1.807) is 0 Å². The standard InChI is InChI=1S/C19H23N5OS/c1-19(2,3)13-6-8-14(9-7-13)20-15(25)10-11-16-23-24-17(12-4-5-12)21-22-18(24)26-16/h6-9,12H,4-5,10-11H2,1-3H3,(H,20,25). The molecule has 6 nitrogen and oxygen atoms in total. The predicted molar refractivity (Wildman–Crippen MR) is 103 cm³/mol. The van der Waals surface area contributed by atoms with Gasteiger partial charge < -0.3 is 5.32 Å². The molecule has 0 aliphatic heterocycles. The summed E-state index contributed by atoms with van der Waals surface area (Å²) in [5.41, 5.74) is 2.19. The molecule has 1 fully saturated rings. The first kappa shape index (κ1) is 17.1. The van der Waals surface area contributed by atoms with Gasteiger partial charge in [0.1, 0.15) is 5.01 Å². The Labute approximate surface area is 156 Å². The lowest BCUT2D eigenvalue weighted by atomic mass is 9.87. The number of carbonyl (C=O) groups excluding carboxylic acids is 1. The van der Waals surface area contributed by atoms with Crippen LogP contribution in [0.4, 0.5) is 5.69 Å².